The first-order chi connectivity index (χ1) is 8.88. The normalized spacial score (nSPS) is 28.8. The highest BCUT2D eigenvalue weighted by Crippen LogP contribution is 2.27. The molecule has 6 heteroatoms. The van der Waals surface area contributed by atoms with Crippen molar-refractivity contribution in [3.63, 3.8) is 0 Å². The molecule has 0 aromatic rings. The highest BCUT2D eigenvalue weighted by molar-refractivity contribution is 5.76. The predicted molar refractivity (Wildman–Crippen MR) is 68.9 cm³/mol. The first kappa shape index (κ1) is 14.1. The Morgan fingerprint density at radius 2 is 2.11 bits per heavy atom. The summed E-state index contributed by atoms with van der Waals surface area (Å²) in [6.07, 6.45) is 3.27. The monoisotopic (exact) mass is 270 g/mol. The Kier molecular flexibility index (Phi) is 3.99. The molecule has 1 aliphatic carbocycles. The number of hydrogen-bond donors (Lipinski definition) is 2. The van der Waals surface area contributed by atoms with Gasteiger partial charge in [-0.15, -0.1) is 0 Å². The second-order valence-corrected chi connectivity index (χ2v) is 6.05. The van der Waals surface area contributed by atoms with E-state index in [0.29, 0.717) is 19.0 Å². The highest BCUT2D eigenvalue weighted by atomic mass is 16.5. The number of aliphatic carboxylic acids is 1. The molecule has 0 spiro atoms. The van der Waals surface area contributed by atoms with Crippen molar-refractivity contribution in [2.75, 3.05) is 19.7 Å². The first-order valence-corrected chi connectivity index (χ1v) is 6.79. The van der Waals surface area contributed by atoms with Gasteiger partial charge in [0.15, 0.2) is 0 Å². The van der Waals surface area contributed by atoms with Crippen LogP contribution in [0.4, 0.5) is 4.79 Å². The molecule has 2 N–H and O–H groups in total. The SMILES string of the molecule is CC1CCC(NC(=O)N2CC(C)(OCC(=O)O)C2)C1. The summed E-state index contributed by atoms with van der Waals surface area (Å²) < 4.78 is 5.27. The van der Waals surface area contributed by atoms with Crippen LogP contribution in [0.3, 0.4) is 0 Å². The molecule has 6 nitrogen and oxygen atoms in total. The predicted octanol–water partition coefficient (Wildman–Crippen LogP) is 1.06. The topological polar surface area (TPSA) is 78.9 Å². The van der Waals surface area contributed by atoms with Gasteiger partial charge in [-0.05, 0) is 32.1 Å². The lowest BCUT2D eigenvalue weighted by atomic mass is 9.97. The fourth-order valence-corrected chi connectivity index (χ4v) is 2.84. The maximum Gasteiger partial charge on any atom is 0.329 e. The lowest BCUT2D eigenvalue weighted by molar-refractivity contribution is -0.159. The second kappa shape index (κ2) is 5.36. The largest absolute Gasteiger partial charge is 0.480 e. The average molecular weight is 270 g/mol. The van der Waals surface area contributed by atoms with E-state index in [1.54, 1.807) is 4.90 Å². The summed E-state index contributed by atoms with van der Waals surface area (Å²) in [4.78, 5) is 24.1. The Bertz CT molecular complexity index is 366. The molecule has 19 heavy (non-hydrogen) atoms. The molecule has 1 aliphatic heterocycles. The number of rotatable bonds is 4. The van der Waals surface area contributed by atoms with Gasteiger partial charge in [-0.1, -0.05) is 6.92 Å². The molecule has 2 unspecified atom stereocenters. The van der Waals surface area contributed by atoms with Crippen molar-refractivity contribution in [3.05, 3.63) is 0 Å². The van der Waals surface area contributed by atoms with E-state index < -0.39 is 11.6 Å². The van der Waals surface area contributed by atoms with Crippen LogP contribution in [0.1, 0.15) is 33.1 Å². The van der Waals surface area contributed by atoms with Gasteiger partial charge in [-0.3, -0.25) is 0 Å². The minimum absolute atomic E-state index is 0.0597. The highest BCUT2D eigenvalue weighted by Gasteiger charge is 2.43. The van der Waals surface area contributed by atoms with Gasteiger partial charge in [0.1, 0.15) is 12.2 Å². The number of nitrogens with one attached hydrogen (secondary N) is 1. The smallest absolute Gasteiger partial charge is 0.329 e. The molecule has 1 saturated heterocycles. The summed E-state index contributed by atoms with van der Waals surface area (Å²) in [7, 11) is 0. The van der Waals surface area contributed by atoms with E-state index in [2.05, 4.69) is 12.2 Å². The summed E-state index contributed by atoms with van der Waals surface area (Å²) in [6, 6.07) is 0.227. The van der Waals surface area contributed by atoms with Crippen LogP contribution in [-0.4, -0.2) is 53.3 Å². The number of carboxylic acids is 1. The summed E-state index contributed by atoms with van der Waals surface area (Å²) in [5.41, 5.74) is -0.515. The molecule has 0 aromatic carbocycles. The molecule has 0 bridgehead atoms. The van der Waals surface area contributed by atoms with E-state index in [1.165, 1.54) is 6.42 Å². The maximum absolute atomic E-state index is 12.0. The summed E-state index contributed by atoms with van der Waals surface area (Å²) in [6.45, 7) is 4.62. The summed E-state index contributed by atoms with van der Waals surface area (Å²) in [5.74, 6) is -0.296. The maximum atomic E-state index is 12.0. The summed E-state index contributed by atoms with van der Waals surface area (Å²) in [5, 5.41) is 11.6. The van der Waals surface area contributed by atoms with Crippen LogP contribution >= 0.6 is 0 Å². The minimum Gasteiger partial charge on any atom is -0.480 e. The van der Waals surface area contributed by atoms with E-state index in [1.807, 2.05) is 6.92 Å². The zero-order chi connectivity index (χ0) is 14.0. The van der Waals surface area contributed by atoms with Crippen LogP contribution in [0.15, 0.2) is 0 Å². The van der Waals surface area contributed by atoms with Gasteiger partial charge in [0, 0.05) is 6.04 Å². The number of carbonyl (C=O) groups is 2. The quantitative estimate of drug-likeness (QED) is 0.800. The molecule has 2 atom stereocenters. The van der Waals surface area contributed by atoms with Crippen LogP contribution in [0, 0.1) is 5.92 Å². The van der Waals surface area contributed by atoms with Crippen molar-refractivity contribution < 1.29 is 19.4 Å². The van der Waals surface area contributed by atoms with Gasteiger partial charge >= 0.3 is 12.0 Å². The average Bonchev–Trinajstić information content (AvgIpc) is 2.68. The van der Waals surface area contributed by atoms with Crippen molar-refractivity contribution in [2.24, 2.45) is 5.92 Å². The van der Waals surface area contributed by atoms with Gasteiger partial charge in [0.2, 0.25) is 0 Å². The third-order valence-corrected chi connectivity index (χ3v) is 3.90. The number of amides is 2. The minimum atomic E-state index is -0.982. The Morgan fingerprint density at radius 1 is 1.42 bits per heavy atom. The molecule has 108 valence electrons. The molecule has 2 rings (SSSR count). The Balaban J connectivity index is 1.70. The molecule has 0 aromatic heterocycles. The molecule has 1 heterocycles. The van der Waals surface area contributed by atoms with Gasteiger partial charge in [-0.25, -0.2) is 9.59 Å². The first-order valence-electron chi connectivity index (χ1n) is 6.79. The summed E-state index contributed by atoms with van der Waals surface area (Å²) >= 11 is 0. The van der Waals surface area contributed by atoms with Crippen molar-refractivity contribution >= 4 is 12.0 Å². The molecule has 0 radical (unpaired) electrons. The number of carbonyl (C=O) groups excluding carboxylic acids is 1. The molecular weight excluding hydrogens is 248 g/mol. The van der Waals surface area contributed by atoms with Crippen LogP contribution in [-0.2, 0) is 9.53 Å². The molecule has 2 aliphatic rings. The zero-order valence-electron chi connectivity index (χ0n) is 11.5. The van der Waals surface area contributed by atoms with Crippen LogP contribution < -0.4 is 5.32 Å². The van der Waals surface area contributed by atoms with E-state index in [9.17, 15) is 9.59 Å². The third-order valence-electron chi connectivity index (χ3n) is 3.90. The van der Waals surface area contributed by atoms with Crippen molar-refractivity contribution in [2.45, 2.75) is 44.8 Å². The van der Waals surface area contributed by atoms with Crippen molar-refractivity contribution in [3.8, 4) is 0 Å². The number of carboxylic acid groups (broad SMARTS) is 1. The second-order valence-electron chi connectivity index (χ2n) is 6.05. The van der Waals surface area contributed by atoms with Gasteiger partial charge in [0.05, 0.1) is 13.1 Å². The van der Waals surface area contributed by atoms with Crippen molar-refractivity contribution in [1.29, 1.82) is 0 Å². The third kappa shape index (κ3) is 3.59. The molecule has 1 saturated carbocycles. The number of likely N-dealkylation sites (tertiary alicyclic amines) is 1. The number of ether oxygens (including phenoxy) is 1. The Labute approximate surface area is 113 Å². The Morgan fingerprint density at radius 3 is 2.63 bits per heavy atom. The number of urea groups is 1. The van der Waals surface area contributed by atoms with Crippen LogP contribution in [0.5, 0.6) is 0 Å². The van der Waals surface area contributed by atoms with E-state index >= 15 is 0 Å². The van der Waals surface area contributed by atoms with Gasteiger partial charge in [-0.2, -0.15) is 0 Å². The van der Waals surface area contributed by atoms with Crippen molar-refractivity contribution in [1.82, 2.24) is 10.2 Å². The van der Waals surface area contributed by atoms with Crippen LogP contribution in [0.25, 0.3) is 0 Å². The lowest BCUT2D eigenvalue weighted by Gasteiger charge is -2.47. The van der Waals surface area contributed by atoms with Crippen LogP contribution in [0.2, 0.25) is 0 Å². The molecule has 2 amide bonds. The number of hydrogen-bond acceptors (Lipinski definition) is 3. The number of nitrogens with zero attached hydrogens (tertiary/aromatic N) is 1. The fraction of sp³-hybridized carbons (Fsp3) is 0.846. The van der Waals surface area contributed by atoms with Gasteiger partial charge < -0.3 is 20.1 Å². The standard InChI is InChI=1S/C13H22N2O4/c1-9-3-4-10(5-9)14-12(18)15-7-13(2,8-15)19-6-11(16)17/h9-10H,3-8H2,1-2H3,(H,14,18)(H,16,17). The fourth-order valence-electron chi connectivity index (χ4n) is 2.84. The van der Waals surface area contributed by atoms with E-state index in [-0.39, 0.29) is 18.7 Å². The van der Waals surface area contributed by atoms with E-state index in [0.717, 1.165) is 12.8 Å². The molecular formula is C13H22N2O4. The van der Waals surface area contributed by atoms with Gasteiger partial charge in [0.25, 0.3) is 0 Å². The zero-order valence-corrected chi connectivity index (χ0v) is 11.5. The lowest BCUT2D eigenvalue weighted by Crippen LogP contribution is -2.65. The van der Waals surface area contributed by atoms with E-state index in [4.69, 9.17) is 9.84 Å². The Hall–Kier alpha value is -1.30. The molecule has 2 fully saturated rings.